The minimum atomic E-state index is -0.559. The topological polar surface area (TPSA) is 77.4 Å². The van der Waals surface area contributed by atoms with E-state index in [-0.39, 0.29) is 36.5 Å². The molecule has 0 fully saturated rings. The first-order valence-electron chi connectivity index (χ1n) is 14.2. The van der Waals surface area contributed by atoms with Gasteiger partial charge in [-0.3, -0.25) is 14.4 Å². The molecule has 0 aliphatic rings. The fourth-order valence-corrected chi connectivity index (χ4v) is 5.56. The minimum absolute atomic E-state index is 0.0631. The molecule has 1 unspecified atom stereocenters. The summed E-state index contributed by atoms with van der Waals surface area (Å²) in [5, 5.41) is 4.29. The van der Waals surface area contributed by atoms with Gasteiger partial charge in [0.15, 0.2) is 5.78 Å². The maximum Gasteiger partial charge on any atom is 0.308 e. The second-order valence-corrected chi connectivity index (χ2v) is 12.7. The summed E-state index contributed by atoms with van der Waals surface area (Å²) in [5.41, 5.74) is 3.33. The number of carbonyl (C=O) groups excluding carboxylic acids is 3. The van der Waals surface area contributed by atoms with Gasteiger partial charge in [-0.15, -0.1) is 0 Å². The molecule has 1 aromatic heterocycles. The number of carbonyl (C=O) groups is 3. The number of ketones is 1. The Morgan fingerprint density at radius 2 is 1.74 bits per heavy atom. The van der Waals surface area contributed by atoms with Crippen molar-refractivity contribution >= 4 is 56.1 Å². The summed E-state index contributed by atoms with van der Waals surface area (Å²) in [7, 11) is 0. The summed E-state index contributed by atoms with van der Waals surface area (Å²) < 4.78 is 8.21. The summed E-state index contributed by atoms with van der Waals surface area (Å²) in [6, 6.07) is 22.8. The fourth-order valence-electron chi connectivity index (χ4n) is 4.99. The van der Waals surface area contributed by atoms with Crippen molar-refractivity contribution in [2.45, 2.75) is 59.0 Å². The predicted molar refractivity (Wildman–Crippen MR) is 172 cm³/mol. The highest BCUT2D eigenvalue weighted by molar-refractivity contribution is 9.10. The molecular weight excluding hydrogens is 616 g/mol. The molecule has 1 heterocycles. The molecule has 1 amide bonds. The molecule has 3 aromatic carbocycles. The average molecular weight is 652 g/mol. The van der Waals surface area contributed by atoms with Gasteiger partial charge in [-0.2, -0.15) is 0 Å². The van der Waals surface area contributed by atoms with Gasteiger partial charge in [0.2, 0.25) is 0 Å². The highest BCUT2D eigenvalue weighted by atomic mass is 79.9. The molecule has 1 atom stereocenters. The first kappa shape index (κ1) is 31.5. The number of hydrogen-bond acceptors (Lipinski definition) is 4. The first-order valence-corrected chi connectivity index (χ1v) is 15.3. The number of aromatic nitrogens is 1. The van der Waals surface area contributed by atoms with Crippen LogP contribution in [0, 0.1) is 5.92 Å². The van der Waals surface area contributed by atoms with Crippen molar-refractivity contribution in [1.29, 1.82) is 0 Å². The number of benzene rings is 3. The molecule has 0 spiro atoms. The van der Waals surface area contributed by atoms with E-state index in [4.69, 9.17) is 16.3 Å². The van der Waals surface area contributed by atoms with Crippen LogP contribution in [0.25, 0.3) is 16.6 Å². The molecule has 42 heavy (non-hydrogen) atoms. The van der Waals surface area contributed by atoms with Crippen LogP contribution in [0.3, 0.4) is 0 Å². The van der Waals surface area contributed by atoms with Crippen LogP contribution in [0.5, 0.6) is 0 Å². The molecule has 0 radical (unpaired) electrons. The molecule has 1 N–H and O–H groups in total. The third-order valence-corrected chi connectivity index (χ3v) is 7.55. The van der Waals surface area contributed by atoms with Gasteiger partial charge in [-0.25, -0.2) is 0 Å². The van der Waals surface area contributed by atoms with Crippen LogP contribution in [-0.4, -0.2) is 34.4 Å². The van der Waals surface area contributed by atoms with Gasteiger partial charge < -0.3 is 14.6 Å². The Hall–Kier alpha value is -3.42. The van der Waals surface area contributed by atoms with Gasteiger partial charge in [0.25, 0.3) is 5.91 Å². The number of halogens is 2. The summed E-state index contributed by atoms with van der Waals surface area (Å²) >= 11 is 9.86. The largest absolute Gasteiger partial charge is 0.460 e. The van der Waals surface area contributed by atoms with Crippen LogP contribution in [-0.2, 0) is 16.0 Å². The molecule has 4 rings (SSSR count). The average Bonchev–Trinajstić information content (AvgIpc) is 3.30. The van der Waals surface area contributed by atoms with Gasteiger partial charge in [-0.05, 0) is 93.8 Å². The van der Waals surface area contributed by atoms with Crippen LogP contribution in [0.15, 0.2) is 77.3 Å². The van der Waals surface area contributed by atoms with Crippen LogP contribution in [0.4, 0.5) is 0 Å². The van der Waals surface area contributed by atoms with Crippen LogP contribution in [0.1, 0.15) is 73.4 Å². The van der Waals surface area contributed by atoms with Crippen molar-refractivity contribution in [2.75, 3.05) is 6.54 Å². The SMILES string of the molecule is CCCC(Cc1ccc(C(=O)NCCC(=O)OC(C)(C)C)cc1)C(=O)c1cc2cc(Cl)ccc2n1-c1cccc(Br)c1. The fraction of sp³-hybridized carbons (Fsp3) is 0.324. The van der Waals surface area contributed by atoms with Crippen molar-refractivity contribution in [3.8, 4) is 5.69 Å². The van der Waals surface area contributed by atoms with Crippen LogP contribution < -0.4 is 5.32 Å². The number of fused-ring (bicyclic) bond motifs is 1. The van der Waals surface area contributed by atoms with Gasteiger partial charge in [0.1, 0.15) is 5.60 Å². The third-order valence-electron chi connectivity index (χ3n) is 6.82. The molecule has 0 bridgehead atoms. The normalized spacial score (nSPS) is 12.2. The number of Topliss-reactive ketones (excluding diaryl/α,β-unsaturated/α-hetero) is 1. The molecular formula is C34H36BrClN2O4. The minimum Gasteiger partial charge on any atom is -0.460 e. The lowest BCUT2D eigenvalue weighted by molar-refractivity contribution is -0.154. The zero-order valence-electron chi connectivity index (χ0n) is 24.4. The lowest BCUT2D eigenvalue weighted by atomic mass is 9.89. The molecule has 6 nitrogen and oxygen atoms in total. The Bertz CT molecular complexity index is 1590. The van der Waals surface area contributed by atoms with Gasteiger partial charge in [0.05, 0.1) is 17.6 Å². The highest BCUT2D eigenvalue weighted by Crippen LogP contribution is 2.31. The van der Waals surface area contributed by atoms with E-state index < -0.39 is 5.60 Å². The standard InChI is InChI=1S/C34H36BrClN2O4/c1-5-7-24(18-22-10-12-23(13-11-22)33(41)37-17-16-31(39)42-34(2,3)4)32(40)30-20-25-19-27(36)14-15-29(25)38(30)28-9-6-8-26(35)21-28/h6,8-15,19-21,24H,5,7,16-18H2,1-4H3,(H,37,41). The molecule has 0 aliphatic heterocycles. The number of ether oxygens (including phenoxy) is 1. The van der Waals surface area contributed by atoms with Crippen LogP contribution >= 0.6 is 27.5 Å². The van der Waals surface area contributed by atoms with Crippen molar-refractivity contribution in [3.63, 3.8) is 0 Å². The smallest absolute Gasteiger partial charge is 0.308 e. The molecule has 8 heteroatoms. The zero-order chi connectivity index (χ0) is 30.4. The second-order valence-electron chi connectivity index (χ2n) is 11.4. The lowest BCUT2D eigenvalue weighted by Crippen LogP contribution is -2.29. The van der Waals surface area contributed by atoms with Crippen molar-refractivity contribution in [2.24, 2.45) is 5.92 Å². The third kappa shape index (κ3) is 8.11. The Morgan fingerprint density at radius 1 is 1.00 bits per heavy atom. The molecule has 220 valence electrons. The van der Waals surface area contributed by atoms with E-state index in [1.54, 1.807) is 12.1 Å². The van der Waals surface area contributed by atoms with E-state index in [0.29, 0.717) is 22.7 Å². The Morgan fingerprint density at radius 3 is 2.40 bits per heavy atom. The van der Waals surface area contributed by atoms with E-state index in [0.717, 1.165) is 39.5 Å². The predicted octanol–water partition coefficient (Wildman–Crippen LogP) is 8.35. The summed E-state index contributed by atoms with van der Waals surface area (Å²) in [4.78, 5) is 38.7. The molecule has 0 saturated heterocycles. The van der Waals surface area contributed by atoms with Gasteiger partial charge >= 0.3 is 5.97 Å². The van der Waals surface area contributed by atoms with Crippen LogP contribution in [0.2, 0.25) is 5.02 Å². The summed E-state index contributed by atoms with van der Waals surface area (Å²) in [6.45, 7) is 7.69. The zero-order valence-corrected chi connectivity index (χ0v) is 26.7. The Labute approximate surface area is 260 Å². The summed E-state index contributed by atoms with van der Waals surface area (Å²) in [6.07, 6.45) is 2.24. The van der Waals surface area contributed by atoms with E-state index in [9.17, 15) is 14.4 Å². The Balaban J connectivity index is 1.51. The number of rotatable bonds is 11. The van der Waals surface area contributed by atoms with Crippen molar-refractivity contribution < 1.29 is 19.1 Å². The summed E-state index contributed by atoms with van der Waals surface area (Å²) in [5.74, 6) is -0.794. The van der Waals surface area contributed by atoms with E-state index in [2.05, 4.69) is 28.2 Å². The Kier molecular flexibility index (Phi) is 10.3. The monoisotopic (exact) mass is 650 g/mol. The van der Waals surface area contributed by atoms with Crippen molar-refractivity contribution in [1.82, 2.24) is 9.88 Å². The molecule has 4 aromatic rings. The number of hydrogen-bond donors (Lipinski definition) is 1. The second kappa shape index (κ2) is 13.7. The maximum atomic E-state index is 14.1. The lowest BCUT2D eigenvalue weighted by Gasteiger charge is -2.19. The first-order chi connectivity index (χ1) is 19.9. The van der Waals surface area contributed by atoms with Gasteiger partial charge in [0, 0.05) is 38.6 Å². The van der Waals surface area contributed by atoms with Gasteiger partial charge in [-0.1, -0.05) is 59.1 Å². The molecule has 0 aliphatic carbocycles. The van der Waals surface area contributed by atoms with E-state index in [1.165, 1.54) is 0 Å². The number of nitrogens with one attached hydrogen (secondary N) is 1. The number of nitrogens with zero attached hydrogens (tertiary/aromatic N) is 1. The maximum absolute atomic E-state index is 14.1. The van der Waals surface area contributed by atoms with E-state index in [1.807, 2.05) is 86.0 Å². The van der Waals surface area contributed by atoms with E-state index >= 15 is 0 Å². The molecule has 0 saturated carbocycles. The quantitative estimate of drug-likeness (QED) is 0.131. The number of amides is 1. The number of esters is 1. The highest BCUT2D eigenvalue weighted by Gasteiger charge is 2.25. The van der Waals surface area contributed by atoms with Crippen molar-refractivity contribution in [3.05, 3.63) is 99.1 Å².